The van der Waals surface area contributed by atoms with Crippen LogP contribution in [0.15, 0.2) is 24.3 Å². The maximum Gasteiger partial charge on any atom is 0.221 e. The SMILES string of the molecule is CC(=O)Nc1ccc(OCCCN2CCC3CC32)cc1. The lowest BCUT2D eigenvalue weighted by Crippen LogP contribution is -2.25. The van der Waals surface area contributed by atoms with Crippen LogP contribution in [0.4, 0.5) is 5.69 Å². The first kappa shape index (κ1) is 13.4. The molecule has 4 heteroatoms. The Hall–Kier alpha value is -1.55. The van der Waals surface area contributed by atoms with E-state index in [9.17, 15) is 4.79 Å². The van der Waals surface area contributed by atoms with Gasteiger partial charge in [-0.3, -0.25) is 9.69 Å². The summed E-state index contributed by atoms with van der Waals surface area (Å²) in [6.45, 7) is 4.70. The lowest BCUT2D eigenvalue weighted by molar-refractivity contribution is -0.114. The molecule has 3 rings (SSSR count). The Kier molecular flexibility index (Phi) is 3.92. The number of hydrogen-bond acceptors (Lipinski definition) is 3. The first-order chi connectivity index (χ1) is 9.72. The van der Waals surface area contributed by atoms with E-state index in [0.29, 0.717) is 0 Å². The van der Waals surface area contributed by atoms with E-state index in [2.05, 4.69) is 10.2 Å². The molecular weight excluding hydrogens is 252 g/mol. The van der Waals surface area contributed by atoms with E-state index in [1.165, 1.54) is 26.3 Å². The van der Waals surface area contributed by atoms with Crippen LogP contribution >= 0.6 is 0 Å². The largest absolute Gasteiger partial charge is 0.494 e. The quantitative estimate of drug-likeness (QED) is 0.810. The first-order valence-electron chi connectivity index (χ1n) is 7.47. The van der Waals surface area contributed by atoms with Gasteiger partial charge in [-0.2, -0.15) is 0 Å². The third-order valence-corrected chi connectivity index (χ3v) is 4.17. The number of piperidine rings is 1. The zero-order valence-electron chi connectivity index (χ0n) is 12.0. The molecule has 0 bridgehead atoms. The molecule has 0 spiro atoms. The van der Waals surface area contributed by atoms with Crippen molar-refractivity contribution in [3.63, 3.8) is 0 Å². The highest BCUT2D eigenvalue weighted by Crippen LogP contribution is 2.44. The van der Waals surface area contributed by atoms with Gasteiger partial charge in [0.15, 0.2) is 0 Å². The molecule has 1 N–H and O–H groups in total. The molecule has 20 heavy (non-hydrogen) atoms. The Bertz CT molecular complexity index is 472. The molecule has 1 amide bonds. The predicted octanol–water partition coefficient (Wildman–Crippen LogP) is 2.51. The van der Waals surface area contributed by atoms with Crippen LogP contribution in [0.5, 0.6) is 5.75 Å². The van der Waals surface area contributed by atoms with Gasteiger partial charge < -0.3 is 10.1 Å². The molecule has 2 fully saturated rings. The summed E-state index contributed by atoms with van der Waals surface area (Å²) in [6.07, 6.45) is 3.90. The normalized spacial score (nSPS) is 24.2. The third-order valence-electron chi connectivity index (χ3n) is 4.17. The standard InChI is InChI=1S/C16H22N2O2/c1-12(19)17-14-3-5-15(6-4-14)20-10-2-8-18-9-7-13-11-16(13)18/h3-6,13,16H,2,7-11H2,1H3,(H,17,19). The van der Waals surface area contributed by atoms with Crippen molar-refractivity contribution in [2.24, 2.45) is 5.92 Å². The molecule has 2 unspecified atom stereocenters. The van der Waals surface area contributed by atoms with Gasteiger partial charge in [0, 0.05) is 25.2 Å². The summed E-state index contributed by atoms with van der Waals surface area (Å²) in [7, 11) is 0. The highest BCUT2D eigenvalue weighted by atomic mass is 16.5. The molecule has 1 heterocycles. The average molecular weight is 274 g/mol. The van der Waals surface area contributed by atoms with Gasteiger partial charge in [0.05, 0.1) is 6.61 Å². The topological polar surface area (TPSA) is 41.6 Å². The molecular formula is C16H22N2O2. The molecule has 108 valence electrons. The number of ether oxygens (including phenoxy) is 1. The molecule has 1 aromatic rings. The molecule has 1 aliphatic carbocycles. The Morgan fingerprint density at radius 2 is 2.20 bits per heavy atom. The van der Waals surface area contributed by atoms with Gasteiger partial charge in [-0.05, 0) is 56.0 Å². The average Bonchev–Trinajstić information content (AvgIpc) is 3.10. The van der Waals surface area contributed by atoms with Crippen molar-refractivity contribution in [1.82, 2.24) is 4.90 Å². The second-order valence-electron chi connectivity index (χ2n) is 5.80. The number of benzene rings is 1. The lowest BCUT2D eigenvalue weighted by atomic mass is 10.3. The van der Waals surface area contributed by atoms with E-state index in [4.69, 9.17) is 4.74 Å². The van der Waals surface area contributed by atoms with Crippen LogP contribution < -0.4 is 10.1 Å². The fourth-order valence-corrected chi connectivity index (χ4v) is 3.06. The van der Waals surface area contributed by atoms with Crippen LogP contribution in [-0.2, 0) is 4.79 Å². The van der Waals surface area contributed by atoms with Gasteiger partial charge in [0.2, 0.25) is 5.91 Å². The second-order valence-corrected chi connectivity index (χ2v) is 5.80. The lowest BCUT2D eigenvalue weighted by Gasteiger charge is -2.17. The fourth-order valence-electron chi connectivity index (χ4n) is 3.06. The minimum atomic E-state index is -0.0531. The van der Waals surface area contributed by atoms with Gasteiger partial charge in [-0.15, -0.1) is 0 Å². The molecule has 1 aromatic carbocycles. The third kappa shape index (κ3) is 3.31. The minimum absolute atomic E-state index is 0.0531. The van der Waals surface area contributed by atoms with Crippen LogP contribution in [0.1, 0.15) is 26.2 Å². The summed E-state index contributed by atoms with van der Waals surface area (Å²) < 4.78 is 5.74. The Labute approximate surface area is 120 Å². The predicted molar refractivity (Wildman–Crippen MR) is 78.9 cm³/mol. The van der Waals surface area contributed by atoms with E-state index in [0.717, 1.165) is 43.0 Å². The number of anilines is 1. The van der Waals surface area contributed by atoms with E-state index >= 15 is 0 Å². The summed E-state index contributed by atoms with van der Waals surface area (Å²) in [5.41, 5.74) is 0.807. The number of nitrogens with zero attached hydrogens (tertiary/aromatic N) is 1. The summed E-state index contributed by atoms with van der Waals surface area (Å²) in [6, 6.07) is 8.43. The highest BCUT2D eigenvalue weighted by molar-refractivity contribution is 5.88. The Balaban J connectivity index is 1.36. The molecule has 4 nitrogen and oxygen atoms in total. The number of carbonyl (C=O) groups is 1. The van der Waals surface area contributed by atoms with E-state index in [1.807, 2.05) is 24.3 Å². The van der Waals surface area contributed by atoms with Gasteiger partial charge in [-0.25, -0.2) is 0 Å². The Morgan fingerprint density at radius 3 is 2.80 bits per heavy atom. The van der Waals surface area contributed by atoms with Crippen LogP contribution in [0.3, 0.4) is 0 Å². The second kappa shape index (κ2) is 5.83. The number of carbonyl (C=O) groups excluding carboxylic acids is 1. The monoisotopic (exact) mass is 274 g/mol. The van der Waals surface area contributed by atoms with Crippen molar-refractivity contribution in [3.05, 3.63) is 24.3 Å². The maximum atomic E-state index is 10.9. The van der Waals surface area contributed by atoms with Gasteiger partial charge in [-0.1, -0.05) is 0 Å². The molecule has 0 aromatic heterocycles. The molecule has 1 aliphatic heterocycles. The van der Waals surface area contributed by atoms with Crippen LogP contribution in [0.2, 0.25) is 0 Å². The minimum Gasteiger partial charge on any atom is -0.494 e. The van der Waals surface area contributed by atoms with Crippen LogP contribution in [-0.4, -0.2) is 36.5 Å². The van der Waals surface area contributed by atoms with Gasteiger partial charge in [0.25, 0.3) is 0 Å². The molecule has 2 aliphatic rings. The summed E-state index contributed by atoms with van der Waals surface area (Å²) >= 11 is 0. The Morgan fingerprint density at radius 1 is 1.40 bits per heavy atom. The van der Waals surface area contributed by atoms with Gasteiger partial charge >= 0.3 is 0 Å². The number of nitrogens with one attached hydrogen (secondary N) is 1. The van der Waals surface area contributed by atoms with Crippen molar-refractivity contribution in [1.29, 1.82) is 0 Å². The number of fused-ring (bicyclic) bond motifs is 1. The fraction of sp³-hybridized carbons (Fsp3) is 0.562. The van der Waals surface area contributed by atoms with Gasteiger partial charge in [0.1, 0.15) is 5.75 Å². The molecule has 0 radical (unpaired) electrons. The number of rotatable bonds is 6. The van der Waals surface area contributed by atoms with Crippen molar-refractivity contribution in [2.45, 2.75) is 32.2 Å². The summed E-state index contributed by atoms with van der Waals surface area (Å²) in [5.74, 6) is 1.82. The maximum absolute atomic E-state index is 10.9. The van der Waals surface area contributed by atoms with E-state index < -0.39 is 0 Å². The van der Waals surface area contributed by atoms with Crippen molar-refractivity contribution in [3.8, 4) is 5.75 Å². The highest BCUT2D eigenvalue weighted by Gasteiger charge is 2.46. The summed E-state index contributed by atoms with van der Waals surface area (Å²) in [4.78, 5) is 13.5. The molecule has 1 saturated heterocycles. The number of likely N-dealkylation sites (tertiary alicyclic amines) is 1. The smallest absolute Gasteiger partial charge is 0.221 e. The number of amides is 1. The van der Waals surface area contributed by atoms with Crippen molar-refractivity contribution < 1.29 is 9.53 Å². The van der Waals surface area contributed by atoms with E-state index in [-0.39, 0.29) is 5.91 Å². The zero-order chi connectivity index (χ0) is 13.9. The van der Waals surface area contributed by atoms with Crippen LogP contribution in [0, 0.1) is 5.92 Å². The zero-order valence-corrected chi connectivity index (χ0v) is 12.0. The summed E-state index contributed by atoms with van der Waals surface area (Å²) in [5, 5.41) is 2.74. The first-order valence-corrected chi connectivity index (χ1v) is 7.47. The van der Waals surface area contributed by atoms with Crippen LogP contribution in [0.25, 0.3) is 0 Å². The van der Waals surface area contributed by atoms with Crippen molar-refractivity contribution >= 4 is 11.6 Å². The molecule has 1 saturated carbocycles. The van der Waals surface area contributed by atoms with E-state index in [1.54, 1.807) is 0 Å². The van der Waals surface area contributed by atoms with Crippen molar-refractivity contribution in [2.75, 3.05) is 25.0 Å². The molecule has 2 atom stereocenters. The number of hydrogen-bond donors (Lipinski definition) is 1.